The summed E-state index contributed by atoms with van der Waals surface area (Å²) < 4.78 is 0. The van der Waals surface area contributed by atoms with E-state index in [2.05, 4.69) is 54.9 Å². The predicted octanol–water partition coefficient (Wildman–Crippen LogP) is 2.96. The Bertz CT molecular complexity index is 486. The molecule has 1 aromatic heterocycles. The summed E-state index contributed by atoms with van der Waals surface area (Å²) in [4.78, 5) is 4.73. The molecule has 0 aliphatic carbocycles. The molecule has 0 aromatic carbocycles. The van der Waals surface area contributed by atoms with Crippen LogP contribution < -0.4 is 16.0 Å². The third-order valence-electron chi connectivity index (χ3n) is 3.30. The molecule has 0 radical (unpaired) electrons. The van der Waals surface area contributed by atoms with Gasteiger partial charge < -0.3 is 16.0 Å². The van der Waals surface area contributed by atoms with Crippen molar-refractivity contribution in [2.24, 2.45) is 5.41 Å². The summed E-state index contributed by atoms with van der Waals surface area (Å²) in [6.07, 6.45) is 3.36. The number of hydrogen-bond acceptors (Lipinski definition) is 4. The minimum Gasteiger partial charge on any atom is -0.382 e. The Kier molecular flexibility index (Phi) is 4.65. The van der Waals surface area contributed by atoms with Crippen LogP contribution in [0.4, 0.5) is 11.5 Å². The Morgan fingerprint density at radius 1 is 1.30 bits per heavy atom. The van der Waals surface area contributed by atoms with Crippen molar-refractivity contribution in [3.63, 3.8) is 0 Å². The van der Waals surface area contributed by atoms with E-state index < -0.39 is 0 Å². The van der Waals surface area contributed by atoms with E-state index in [0.717, 1.165) is 43.3 Å². The molecule has 0 atom stereocenters. The average Bonchev–Trinajstić information content (AvgIpc) is 2.45. The monoisotopic (exact) mass is 274 g/mol. The van der Waals surface area contributed by atoms with Gasteiger partial charge in [0.05, 0.1) is 11.4 Å². The second kappa shape index (κ2) is 6.27. The summed E-state index contributed by atoms with van der Waals surface area (Å²) in [5.41, 5.74) is 3.66. The van der Waals surface area contributed by atoms with Crippen LogP contribution in [-0.4, -0.2) is 31.7 Å². The number of nitrogens with zero attached hydrogens (tertiary/aromatic N) is 1. The largest absolute Gasteiger partial charge is 0.382 e. The first-order chi connectivity index (χ1) is 9.49. The second-order valence-electron chi connectivity index (χ2n) is 6.45. The summed E-state index contributed by atoms with van der Waals surface area (Å²) in [6, 6.07) is 4.22. The third-order valence-corrected chi connectivity index (χ3v) is 3.30. The Balaban J connectivity index is 2.17. The average molecular weight is 274 g/mol. The highest BCUT2D eigenvalue weighted by atomic mass is 15.0. The smallest absolute Gasteiger partial charge is 0.149 e. The molecule has 1 aliphatic rings. The standard InChI is InChI=1S/C16H26N4/c1-16(2,3)11-19-14-8-7-13(20-15(14)17-4)12-6-5-9-18-10-12/h6-8,18-19H,5,9-11H2,1-4H3,(H,17,20). The van der Waals surface area contributed by atoms with Gasteiger partial charge in [0.25, 0.3) is 0 Å². The Morgan fingerprint density at radius 2 is 2.10 bits per heavy atom. The van der Waals surface area contributed by atoms with Crippen LogP contribution >= 0.6 is 0 Å². The molecule has 3 N–H and O–H groups in total. The van der Waals surface area contributed by atoms with Crippen molar-refractivity contribution in [1.29, 1.82) is 0 Å². The van der Waals surface area contributed by atoms with Crippen molar-refractivity contribution < 1.29 is 0 Å². The molecular weight excluding hydrogens is 248 g/mol. The minimum absolute atomic E-state index is 0.250. The zero-order valence-electron chi connectivity index (χ0n) is 13.0. The van der Waals surface area contributed by atoms with Crippen molar-refractivity contribution in [2.75, 3.05) is 37.3 Å². The summed E-state index contributed by atoms with van der Waals surface area (Å²) in [7, 11) is 1.92. The SMILES string of the molecule is CNc1nc(C2=CCCNC2)ccc1NCC(C)(C)C. The fourth-order valence-corrected chi connectivity index (χ4v) is 2.17. The number of pyridine rings is 1. The van der Waals surface area contributed by atoms with Gasteiger partial charge in [-0.05, 0) is 36.1 Å². The lowest BCUT2D eigenvalue weighted by Crippen LogP contribution is -2.22. The maximum absolute atomic E-state index is 4.73. The Labute approximate surface area is 122 Å². The van der Waals surface area contributed by atoms with Gasteiger partial charge in [-0.3, -0.25) is 0 Å². The molecule has 0 unspecified atom stereocenters. The molecule has 0 spiro atoms. The van der Waals surface area contributed by atoms with Crippen LogP contribution in [0.5, 0.6) is 0 Å². The van der Waals surface area contributed by atoms with E-state index in [1.807, 2.05) is 7.05 Å². The van der Waals surface area contributed by atoms with E-state index in [1.165, 1.54) is 5.57 Å². The molecule has 4 heteroatoms. The number of rotatable bonds is 4. The van der Waals surface area contributed by atoms with E-state index >= 15 is 0 Å². The highest BCUT2D eigenvalue weighted by molar-refractivity contribution is 5.71. The van der Waals surface area contributed by atoms with Crippen LogP contribution in [0.15, 0.2) is 18.2 Å². The maximum atomic E-state index is 4.73. The zero-order chi connectivity index (χ0) is 14.6. The fraction of sp³-hybridized carbons (Fsp3) is 0.562. The molecule has 1 aliphatic heterocycles. The van der Waals surface area contributed by atoms with Crippen molar-refractivity contribution in [3.05, 3.63) is 23.9 Å². The number of aromatic nitrogens is 1. The number of hydrogen-bond donors (Lipinski definition) is 3. The molecule has 0 bridgehead atoms. The van der Waals surface area contributed by atoms with E-state index in [-0.39, 0.29) is 5.41 Å². The van der Waals surface area contributed by atoms with E-state index in [4.69, 9.17) is 4.98 Å². The maximum Gasteiger partial charge on any atom is 0.149 e. The molecule has 20 heavy (non-hydrogen) atoms. The zero-order valence-corrected chi connectivity index (χ0v) is 13.0. The molecule has 1 aromatic rings. The lowest BCUT2D eigenvalue weighted by atomic mass is 9.97. The van der Waals surface area contributed by atoms with Crippen LogP contribution in [0.2, 0.25) is 0 Å². The van der Waals surface area contributed by atoms with Gasteiger partial charge in [0.2, 0.25) is 0 Å². The molecular formula is C16H26N4. The molecule has 0 amide bonds. The topological polar surface area (TPSA) is 49.0 Å². The van der Waals surface area contributed by atoms with Crippen molar-refractivity contribution in [1.82, 2.24) is 10.3 Å². The number of nitrogens with one attached hydrogen (secondary N) is 3. The summed E-state index contributed by atoms with van der Waals surface area (Å²) in [5, 5.41) is 10.1. The van der Waals surface area contributed by atoms with Crippen LogP contribution in [0.3, 0.4) is 0 Å². The predicted molar refractivity (Wildman–Crippen MR) is 87.2 cm³/mol. The first-order valence-corrected chi connectivity index (χ1v) is 7.32. The highest BCUT2D eigenvalue weighted by Gasteiger charge is 2.13. The van der Waals surface area contributed by atoms with Gasteiger partial charge in [-0.2, -0.15) is 0 Å². The minimum atomic E-state index is 0.250. The van der Waals surface area contributed by atoms with E-state index in [0.29, 0.717) is 0 Å². The number of anilines is 2. The van der Waals surface area contributed by atoms with Crippen molar-refractivity contribution in [3.8, 4) is 0 Å². The van der Waals surface area contributed by atoms with E-state index in [9.17, 15) is 0 Å². The van der Waals surface area contributed by atoms with Crippen molar-refractivity contribution >= 4 is 17.1 Å². The van der Waals surface area contributed by atoms with E-state index in [1.54, 1.807) is 0 Å². The summed E-state index contributed by atoms with van der Waals surface area (Å²) in [6.45, 7) is 9.56. The molecule has 0 saturated heterocycles. The van der Waals surface area contributed by atoms with Gasteiger partial charge in [-0.25, -0.2) is 4.98 Å². The van der Waals surface area contributed by atoms with Gasteiger partial charge in [0, 0.05) is 20.1 Å². The van der Waals surface area contributed by atoms with Gasteiger partial charge in [-0.1, -0.05) is 26.8 Å². The lowest BCUT2D eigenvalue weighted by molar-refractivity contribution is 0.443. The molecule has 2 rings (SSSR count). The van der Waals surface area contributed by atoms with Crippen LogP contribution in [-0.2, 0) is 0 Å². The quantitative estimate of drug-likeness (QED) is 0.790. The molecule has 4 nitrogen and oxygen atoms in total. The van der Waals surface area contributed by atoms with Crippen LogP contribution in [0, 0.1) is 5.41 Å². The highest BCUT2D eigenvalue weighted by Crippen LogP contribution is 2.25. The Hall–Kier alpha value is -1.55. The van der Waals surface area contributed by atoms with Gasteiger partial charge in [0.1, 0.15) is 5.82 Å². The normalized spacial score (nSPS) is 15.7. The first kappa shape index (κ1) is 14.9. The van der Waals surface area contributed by atoms with Crippen LogP contribution in [0.1, 0.15) is 32.9 Å². The second-order valence-corrected chi connectivity index (χ2v) is 6.45. The van der Waals surface area contributed by atoms with Crippen LogP contribution in [0.25, 0.3) is 5.57 Å². The molecule has 2 heterocycles. The molecule has 0 fully saturated rings. The molecule has 110 valence electrons. The van der Waals surface area contributed by atoms with Gasteiger partial charge in [-0.15, -0.1) is 0 Å². The lowest BCUT2D eigenvalue weighted by Gasteiger charge is -2.21. The van der Waals surface area contributed by atoms with Gasteiger partial charge >= 0.3 is 0 Å². The summed E-state index contributed by atoms with van der Waals surface area (Å²) >= 11 is 0. The first-order valence-electron chi connectivity index (χ1n) is 7.32. The third kappa shape index (κ3) is 3.97. The molecule has 0 saturated carbocycles. The van der Waals surface area contributed by atoms with Gasteiger partial charge in [0.15, 0.2) is 0 Å². The van der Waals surface area contributed by atoms with Crippen molar-refractivity contribution in [2.45, 2.75) is 27.2 Å². The Morgan fingerprint density at radius 3 is 2.70 bits per heavy atom. The summed E-state index contributed by atoms with van der Waals surface area (Å²) in [5.74, 6) is 0.915. The fourth-order valence-electron chi connectivity index (χ4n) is 2.17.